The van der Waals surface area contributed by atoms with E-state index in [4.69, 9.17) is 4.52 Å². The van der Waals surface area contributed by atoms with Gasteiger partial charge in [0.15, 0.2) is 11.5 Å². The van der Waals surface area contributed by atoms with Crippen molar-refractivity contribution in [1.82, 2.24) is 10.1 Å². The normalized spacial score (nSPS) is 17.9. The molecule has 2 aromatic heterocycles. The van der Waals surface area contributed by atoms with Gasteiger partial charge >= 0.3 is 0 Å². The van der Waals surface area contributed by atoms with Gasteiger partial charge in [-0.3, -0.25) is 4.79 Å². The fraction of sp³-hybridized carbons (Fsp3) is 0.429. The van der Waals surface area contributed by atoms with Gasteiger partial charge in [-0.1, -0.05) is 11.2 Å². The molecule has 2 aromatic rings. The Morgan fingerprint density at radius 3 is 3.00 bits per heavy atom. The van der Waals surface area contributed by atoms with Crippen molar-refractivity contribution in [2.45, 2.75) is 32.2 Å². The van der Waals surface area contributed by atoms with Crippen molar-refractivity contribution in [3.05, 3.63) is 29.3 Å². The maximum atomic E-state index is 12.5. The molecule has 3 rings (SSSR count). The van der Waals surface area contributed by atoms with Crippen LogP contribution < -0.4 is 0 Å². The Balaban J connectivity index is 1.85. The Morgan fingerprint density at radius 2 is 2.37 bits per heavy atom. The molecule has 0 spiro atoms. The van der Waals surface area contributed by atoms with Crippen LogP contribution in [0.3, 0.4) is 0 Å². The second kappa shape index (κ2) is 4.49. The fourth-order valence-electron chi connectivity index (χ4n) is 2.53. The maximum Gasteiger partial charge on any atom is 0.276 e. The van der Waals surface area contributed by atoms with Crippen LogP contribution in [-0.4, -0.2) is 28.0 Å². The zero-order chi connectivity index (χ0) is 13.5. The first kappa shape index (κ1) is 12.4. The Kier molecular flexibility index (Phi) is 2.93. The fourth-order valence-corrected chi connectivity index (χ4v) is 3.21. The zero-order valence-corrected chi connectivity index (χ0v) is 11.9. The van der Waals surface area contributed by atoms with Crippen molar-refractivity contribution in [3.8, 4) is 10.6 Å². The molecule has 3 heterocycles. The Labute approximate surface area is 116 Å². The number of carbonyl (C=O) groups is 1. The number of nitrogens with zero attached hydrogens (tertiary/aromatic N) is 2. The summed E-state index contributed by atoms with van der Waals surface area (Å²) in [5.74, 6) is 0.629. The van der Waals surface area contributed by atoms with Crippen LogP contribution in [0.2, 0.25) is 0 Å². The first-order valence-corrected chi connectivity index (χ1v) is 7.28. The third-order valence-corrected chi connectivity index (χ3v) is 4.52. The Morgan fingerprint density at radius 1 is 1.53 bits per heavy atom. The minimum atomic E-state index is -0.0842. The largest absolute Gasteiger partial charge is 0.355 e. The number of carbonyl (C=O) groups excluding carboxylic acids is 1. The molecule has 19 heavy (non-hydrogen) atoms. The van der Waals surface area contributed by atoms with Gasteiger partial charge in [-0.2, -0.15) is 0 Å². The highest BCUT2D eigenvalue weighted by atomic mass is 32.1. The molecule has 0 N–H and O–H groups in total. The molecule has 1 fully saturated rings. The van der Waals surface area contributed by atoms with Gasteiger partial charge in [-0.15, -0.1) is 11.3 Å². The maximum absolute atomic E-state index is 12.5. The SMILES string of the molecule is CC1(C)CCCN1C(=O)c1cc(-c2cccs2)on1. The molecule has 0 atom stereocenters. The summed E-state index contributed by atoms with van der Waals surface area (Å²) >= 11 is 1.57. The van der Waals surface area contributed by atoms with E-state index >= 15 is 0 Å². The van der Waals surface area contributed by atoms with E-state index in [0.29, 0.717) is 11.5 Å². The lowest BCUT2D eigenvalue weighted by molar-refractivity contribution is 0.0641. The number of amides is 1. The minimum Gasteiger partial charge on any atom is -0.355 e. The van der Waals surface area contributed by atoms with Gasteiger partial charge in [0.05, 0.1) is 4.88 Å². The van der Waals surface area contributed by atoms with E-state index < -0.39 is 0 Å². The lowest BCUT2D eigenvalue weighted by Crippen LogP contribution is -2.42. The van der Waals surface area contributed by atoms with Crippen molar-refractivity contribution in [2.75, 3.05) is 6.54 Å². The molecular weight excluding hydrogens is 260 g/mol. The number of hydrogen-bond acceptors (Lipinski definition) is 4. The van der Waals surface area contributed by atoms with E-state index in [-0.39, 0.29) is 11.4 Å². The van der Waals surface area contributed by atoms with Crippen LogP contribution in [-0.2, 0) is 0 Å². The van der Waals surface area contributed by atoms with Gasteiger partial charge < -0.3 is 9.42 Å². The van der Waals surface area contributed by atoms with Gasteiger partial charge in [0.1, 0.15) is 0 Å². The highest BCUT2D eigenvalue weighted by molar-refractivity contribution is 7.13. The van der Waals surface area contributed by atoms with Crippen molar-refractivity contribution in [2.24, 2.45) is 0 Å². The van der Waals surface area contributed by atoms with Gasteiger partial charge in [0.25, 0.3) is 5.91 Å². The predicted molar refractivity (Wildman–Crippen MR) is 74.2 cm³/mol. The summed E-state index contributed by atoms with van der Waals surface area (Å²) in [6.45, 7) is 4.99. The highest BCUT2D eigenvalue weighted by Crippen LogP contribution is 2.31. The Bertz CT molecular complexity index is 586. The molecular formula is C14H16N2O2S. The van der Waals surface area contributed by atoms with E-state index in [1.165, 1.54) is 0 Å². The lowest BCUT2D eigenvalue weighted by Gasteiger charge is -2.30. The van der Waals surface area contributed by atoms with Crippen molar-refractivity contribution >= 4 is 17.2 Å². The summed E-state index contributed by atoms with van der Waals surface area (Å²) in [7, 11) is 0. The molecule has 1 aliphatic rings. The summed E-state index contributed by atoms with van der Waals surface area (Å²) in [6, 6.07) is 5.65. The molecule has 0 radical (unpaired) electrons. The van der Waals surface area contributed by atoms with Crippen LogP contribution in [0.25, 0.3) is 10.6 Å². The topological polar surface area (TPSA) is 46.3 Å². The number of aromatic nitrogens is 1. The predicted octanol–water partition coefficient (Wildman–Crippen LogP) is 3.42. The van der Waals surface area contributed by atoms with Crippen molar-refractivity contribution in [3.63, 3.8) is 0 Å². The summed E-state index contributed by atoms with van der Waals surface area (Å²) in [4.78, 5) is 15.3. The van der Waals surface area contributed by atoms with E-state index in [9.17, 15) is 4.79 Å². The van der Waals surface area contributed by atoms with Crippen LogP contribution in [0, 0.1) is 0 Å². The standard InChI is InChI=1S/C14H16N2O2S/c1-14(2)6-4-7-16(14)13(17)10-9-11(18-15-10)12-5-3-8-19-12/h3,5,8-9H,4,6-7H2,1-2H3. The van der Waals surface area contributed by atoms with Crippen molar-refractivity contribution in [1.29, 1.82) is 0 Å². The lowest BCUT2D eigenvalue weighted by atomic mass is 10.0. The average molecular weight is 276 g/mol. The third kappa shape index (κ3) is 2.18. The summed E-state index contributed by atoms with van der Waals surface area (Å²) < 4.78 is 5.27. The van der Waals surface area contributed by atoms with Crippen LogP contribution in [0.4, 0.5) is 0 Å². The smallest absolute Gasteiger partial charge is 0.276 e. The first-order valence-electron chi connectivity index (χ1n) is 6.40. The molecule has 0 bridgehead atoms. The van der Waals surface area contributed by atoms with Crippen molar-refractivity contribution < 1.29 is 9.32 Å². The average Bonchev–Trinajstić information content (AvgIpc) is 3.06. The third-order valence-electron chi connectivity index (χ3n) is 3.64. The summed E-state index contributed by atoms with van der Waals surface area (Å²) in [5, 5.41) is 5.90. The number of hydrogen-bond donors (Lipinski definition) is 0. The van der Waals surface area contributed by atoms with Crippen LogP contribution >= 0.6 is 11.3 Å². The molecule has 0 unspecified atom stereocenters. The molecule has 0 aromatic carbocycles. The summed E-state index contributed by atoms with van der Waals surface area (Å²) in [6.07, 6.45) is 2.09. The highest BCUT2D eigenvalue weighted by Gasteiger charge is 2.36. The molecule has 100 valence electrons. The zero-order valence-electron chi connectivity index (χ0n) is 11.0. The Hall–Kier alpha value is -1.62. The van der Waals surface area contributed by atoms with Gasteiger partial charge in [-0.25, -0.2) is 0 Å². The van der Waals surface area contributed by atoms with Gasteiger partial charge in [-0.05, 0) is 38.1 Å². The summed E-state index contributed by atoms with van der Waals surface area (Å²) in [5.41, 5.74) is 0.317. The molecule has 1 saturated heterocycles. The van der Waals surface area contributed by atoms with E-state index in [1.807, 2.05) is 22.4 Å². The molecule has 0 aliphatic carbocycles. The number of likely N-dealkylation sites (tertiary alicyclic amines) is 1. The molecule has 4 nitrogen and oxygen atoms in total. The second-order valence-electron chi connectivity index (χ2n) is 5.43. The van der Waals surface area contributed by atoms with Crippen LogP contribution in [0.5, 0.6) is 0 Å². The van der Waals surface area contributed by atoms with Gasteiger partial charge in [0, 0.05) is 18.2 Å². The second-order valence-corrected chi connectivity index (χ2v) is 6.37. The quantitative estimate of drug-likeness (QED) is 0.844. The van der Waals surface area contributed by atoms with E-state index in [1.54, 1.807) is 17.4 Å². The number of thiophene rings is 1. The monoisotopic (exact) mass is 276 g/mol. The number of rotatable bonds is 2. The molecule has 1 amide bonds. The minimum absolute atomic E-state index is 0.0333. The first-order chi connectivity index (χ1) is 9.08. The molecule has 0 saturated carbocycles. The van der Waals surface area contributed by atoms with Crippen LogP contribution in [0.1, 0.15) is 37.2 Å². The van der Waals surface area contributed by atoms with Gasteiger partial charge in [0.2, 0.25) is 0 Å². The van der Waals surface area contributed by atoms with E-state index in [0.717, 1.165) is 24.3 Å². The van der Waals surface area contributed by atoms with Crippen LogP contribution in [0.15, 0.2) is 28.1 Å². The molecule has 5 heteroatoms. The molecule has 1 aliphatic heterocycles. The van der Waals surface area contributed by atoms with E-state index in [2.05, 4.69) is 19.0 Å².